The minimum Gasteiger partial charge on any atom is -0.373 e. The number of para-hydroxylation sites is 1. The number of benzene rings is 1. The normalized spacial score (nSPS) is 18.1. The zero-order valence-electron chi connectivity index (χ0n) is 10.3. The van der Waals surface area contributed by atoms with E-state index in [-0.39, 0.29) is 11.9 Å². The van der Waals surface area contributed by atoms with Crippen LogP contribution >= 0.6 is 0 Å². The molecule has 0 radical (unpaired) electrons. The summed E-state index contributed by atoms with van der Waals surface area (Å²) < 4.78 is 0. The number of unbranched alkanes of at least 4 members (excludes halogenated alkanes) is 1. The van der Waals surface area contributed by atoms with Crippen LogP contribution < -0.4 is 10.6 Å². The lowest BCUT2D eigenvalue weighted by molar-refractivity contribution is -0.122. The second-order valence-corrected chi connectivity index (χ2v) is 4.54. The highest BCUT2D eigenvalue weighted by Crippen LogP contribution is 2.24. The summed E-state index contributed by atoms with van der Waals surface area (Å²) in [7, 11) is 0. The molecule has 0 saturated heterocycles. The standard InChI is InChI=1S/C14H20N2O/c1-2-3-10-15-14(17)13-9-8-11-6-4-5-7-12(11)16-13/h4-7,13,16H,2-3,8-10H2,1H3,(H,15,17)/t13-/m1/s1. The fourth-order valence-corrected chi connectivity index (χ4v) is 2.15. The minimum absolute atomic E-state index is 0.0678. The molecular weight excluding hydrogens is 212 g/mol. The van der Waals surface area contributed by atoms with Crippen molar-refractivity contribution >= 4 is 11.6 Å². The molecule has 0 fully saturated rings. The fourth-order valence-electron chi connectivity index (χ4n) is 2.15. The van der Waals surface area contributed by atoms with Crippen LogP contribution in [0.4, 0.5) is 5.69 Å². The first kappa shape index (κ1) is 12.0. The molecule has 1 heterocycles. The van der Waals surface area contributed by atoms with E-state index in [1.54, 1.807) is 0 Å². The number of rotatable bonds is 4. The molecule has 0 aliphatic carbocycles. The van der Waals surface area contributed by atoms with E-state index in [1.165, 1.54) is 5.56 Å². The van der Waals surface area contributed by atoms with Crippen LogP contribution in [0.2, 0.25) is 0 Å². The summed E-state index contributed by atoms with van der Waals surface area (Å²) in [5.74, 6) is 0.132. The third kappa shape index (κ3) is 2.99. The highest BCUT2D eigenvalue weighted by atomic mass is 16.2. The molecule has 0 saturated carbocycles. The molecule has 17 heavy (non-hydrogen) atoms. The number of carbonyl (C=O) groups is 1. The molecule has 3 nitrogen and oxygen atoms in total. The first-order chi connectivity index (χ1) is 8.31. The number of aryl methyl sites for hydroxylation is 1. The van der Waals surface area contributed by atoms with Crippen molar-refractivity contribution in [3.05, 3.63) is 29.8 Å². The van der Waals surface area contributed by atoms with E-state index in [9.17, 15) is 4.79 Å². The summed E-state index contributed by atoms with van der Waals surface area (Å²) in [6, 6.07) is 8.14. The van der Waals surface area contributed by atoms with Crippen LogP contribution in [-0.2, 0) is 11.2 Å². The van der Waals surface area contributed by atoms with E-state index < -0.39 is 0 Å². The molecule has 0 bridgehead atoms. The van der Waals surface area contributed by atoms with Crippen LogP contribution in [-0.4, -0.2) is 18.5 Å². The molecule has 3 heteroatoms. The van der Waals surface area contributed by atoms with Crippen LogP contribution in [0.15, 0.2) is 24.3 Å². The highest BCUT2D eigenvalue weighted by Gasteiger charge is 2.22. The topological polar surface area (TPSA) is 41.1 Å². The van der Waals surface area contributed by atoms with Gasteiger partial charge in [0.1, 0.15) is 6.04 Å². The van der Waals surface area contributed by atoms with Gasteiger partial charge in [0.2, 0.25) is 5.91 Å². The summed E-state index contributed by atoms with van der Waals surface area (Å²) in [6.07, 6.45) is 4.03. The Hall–Kier alpha value is -1.51. The summed E-state index contributed by atoms with van der Waals surface area (Å²) in [4.78, 5) is 11.9. The average Bonchev–Trinajstić information content (AvgIpc) is 2.38. The average molecular weight is 232 g/mol. The van der Waals surface area contributed by atoms with Crippen molar-refractivity contribution in [1.29, 1.82) is 0 Å². The molecular formula is C14H20N2O. The molecule has 2 rings (SSSR count). The highest BCUT2D eigenvalue weighted by molar-refractivity contribution is 5.85. The predicted molar refractivity (Wildman–Crippen MR) is 70.1 cm³/mol. The van der Waals surface area contributed by atoms with Crippen LogP contribution in [0.5, 0.6) is 0 Å². The van der Waals surface area contributed by atoms with Crippen LogP contribution in [0, 0.1) is 0 Å². The Labute approximate surface area is 103 Å². The Bertz CT molecular complexity index is 390. The lowest BCUT2D eigenvalue weighted by atomic mass is 9.98. The summed E-state index contributed by atoms with van der Waals surface area (Å²) >= 11 is 0. The van der Waals surface area contributed by atoms with Crippen molar-refractivity contribution in [2.24, 2.45) is 0 Å². The molecule has 0 aromatic heterocycles. The Morgan fingerprint density at radius 1 is 1.47 bits per heavy atom. The van der Waals surface area contributed by atoms with E-state index >= 15 is 0 Å². The van der Waals surface area contributed by atoms with Crippen molar-refractivity contribution in [2.45, 2.75) is 38.6 Å². The van der Waals surface area contributed by atoms with E-state index in [1.807, 2.05) is 18.2 Å². The smallest absolute Gasteiger partial charge is 0.242 e. The molecule has 1 atom stereocenters. The second-order valence-electron chi connectivity index (χ2n) is 4.54. The van der Waals surface area contributed by atoms with Gasteiger partial charge in [0, 0.05) is 12.2 Å². The minimum atomic E-state index is -0.0678. The van der Waals surface area contributed by atoms with Gasteiger partial charge in [-0.15, -0.1) is 0 Å². The molecule has 92 valence electrons. The van der Waals surface area contributed by atoms with Crippen molar-refractivity contribution in [2.75, 3.05) is 11.9 Å². The molecule has 0 unspecified atom stereocenters. The lowest BCUT2D eigenvalue weighted by Gasteiger charge is -2.26. The van der Waals surface area contributed by atoms with E-state index in [2.05, 4.69) is 23.6 Å². The van der Waals surface area contributed by atoms with Gasteiger partial charge >= 0.3 is 0 Å². The predicted octanol–water partition coefficient (Wildman–Crippen LogP) is 2.33. The van der Waals surface area contributed by atoms with Gasteiger partial charge in [-0.2, -0.15) is 0 Å². The van der Waals surface area contributed by atoms with Gasteiger partial charge in [0.25, 0.3) is 0 Å². The van der Waals surface area contributed by atoms with E-state index in [0.717, 1.165) is 37.9 Å². The Morgan fingerprint density at radius 2 is 2.29 bits per heavy atom. The lowest BCUT2D eigenvalue weighted by Crippen LogP contribution is -2.42. The molecule has 1 aromatic carbocycles. The number of fused-ring (bicyclic) bond motifs is 1. The maximum absolute atomic E-state index is 11.9. The maximum Gasteiger partial charge on any atom is 0.242 e. The molecule has 2 N–H and O–H groups in total. The number of hydrogen-bond acceptors (Lipinski definition) is 2. The Morgan fingerprint density at radius 3 is 3.12 bits per heavy atom. The van der Waals surface area contributed by atoms with Crippen molar-refractivity contribution in [3.8, 4) is 0 Å². The quantitative estimate of drug-likeness (QED) is 0.782. The molecule has 1 aliphatic rings. The molecule has 1 aromatic rings. The van der Waals surface area contributed by atoms with Crippen LogP contribution in [0.3, 0.4) is 0 Å². The number of anilines is 1. The number of amides is 1. The summed E-state index contributed by atoms with van der Waals surface area (Å²) in [5, 5.41) is 6.29. The second kappa shape index (κ2) is 5.71. The van der Waals surface area contributed by atoms with Crippen LogP contribution in [0.1, 0.15) is 31.7 Å². The monoisotopic (exact) mass is 232 g/mol. The Balaban J connectivity index is 1.91. The summed E-state index contributed by atoms with van der Waals surface area (Å²) in [5.41, 5.74) is 2.42. The first-order valence-electron chi connectivity index (χ1n) is 6.43. The SMILES string of the molecule is CCCCNC(=O)[C@H]1CCc2ccccc2N1. The van der Waals surface area contributed by atoms with Gasteiger partial charge < -0.3 is 10.6 Å². The molecule has 0 spiro atoms. The van der Waals surface area contributed by atoms with Crippen molar-refractivity contribution < 1.29 is 4.79 Å². The van der Waals surface area contributed by atoms with Crippen LogP contribution in [0.25, 0.3) is 0 Å². The van der Waals surface area contributed by atoms with Crippen molar-refractivity contribution in [1.82, 2.24) is 5.32 Å². The van der Waals surface area contributed by atoms with E-state index in [0.29, 0.717) is 0 Å². The Kier molecular flexibility index (Phi) is 4.02. The fraction of sp³-hybridized carbons (Fsp3) is 0.500. The summed E-state index contributed by atoms with van der Waals surface area (Å²) in [6.45, 7) is 2.91. The third-order valence-corrected chi connectivity index (χ3v) is 3.20. The van der Waals surface area contributed by atoms with Gasteiger partial charge in [0.05, 0.1) is 0 Å². The van der Waals surface area contributed by atoms with Gasteiger partial charge in [-0.25, -0.2) is 0 Å². The van der Waals surface area contributed by atoms with Gasteiger partial charge in [-0.1, -0.05) is 31.5 Å². The zero-order chi connectivity index (χ0) is 12.1. The van der Waals surface area contributed by atoms with Crippen molar-refractivity contribution in [3.63, 3.8) is 0 Å². The van der Waals surface area contributed by atoms with Gasteiger partial charge in [-0.05, 0) is 30.9 Å². The first-order valence-corrected chi connectivity index (χ1v) is 6.43. The number of carbonyl (C=O) groups excluding carboxylic acids is 1. The number of hydrogen-bond donors (Lipinski definition) is 2. The van der Waals surface area contributed by atoms with E-state index in [4.69, 9.17) is 0 Å². The largest absolute Gasteiger partial charge is 0.373 e. The zero-order valence-corrected chi connectivity index (χ0v) is 10.3. The molecule has 1 aliphatic heterocycles. The maximum atomic E-state index is 11.9. The van der Waals surface area contributed by atoms with Gasteiger partial charge in [-0.3, -0.25) is 4.79 Å². The molecule has 1 amide bonds. The number of nitrogens with one attached hydrogen (secondary N) is 2. The van der Waals surface area contributed by atoms with Gasteiger partial charge in [0.15, 0.2) is 0 Å². The third-order valence-electron chi connectivity index (χ3n) is 3.20.